The Kier molecular flexibility index (Phi) is 4.11. The summed E-state index contributed by atoms with van der Waals surface area (Å²) in [6.07, 6.45) is 3.43. The lowest BCUT2D eigenvalue weighted by molar-refractivity contribution is 0.104. The molecular formula is C16H23ClNO2Si. The van der Waals surface area contributed by atoms with E-state index >= 15 is 0 Å². The van der Waals surface area contributed by atoms with Crippen LogP contribution in [0.5, 0.6) is 0 Å². The summed E-state index contributed by atoms with van der Waals surface area (Å²) in [5, 5.41) is 0.517. The minimum atomic E-state index is -1.93. The van der Waals surface area contributed by atoms with Gasteiger partial charge in [0, 0.05) is 18.7 Å². The summed E-state index contributed by atoms with van der Waals surface area (Å²) >= 11 is 6.38. The molecule has 0 spiro atoms. The summed E-state index contributed by atoms with van der Waals surface area (Å²) in [5.41, 5.74) is 0.709. The quantitative estimate of drug-likeness (QED) is 0.592. The van der Waals surface area contributed by atoms with E-state index in [1.165, 1.54) is 0 Å². The first-order valence-electron chi connectivity index (χ1n) is 7.22. The fourth-order valence-corrected chi connectivity index (χ4v) is 4.09. The van der Waals surface area contributed by atoms with E-state index in [4.69, 9.17) is 16.0 Å². The van der Waals surface area contributed by atoms with Crippen molar-refractivity contribution in [3.63, 3.8) is 0 Å². The van der Waals surface area contributed by atoms with Gasteiger partial charge < -0.3 is 4.43 Å². The van der Waals surface area contributed by atoms with E-state index in [1.807, 2.05) is 0 Å². The molecule has 21 heavy (non-hydrogen) atoms. The van der Waals surface area contributed by atoms with Gasteiger partial charge in [-0.05, 0) is 37.0 Å². The molecule has 115 valence electrons. The zero-order valence-corrected chi connectivity index (χ0v) is 15.2. The van der Waals surface area contributed by atoms with Crippen LogP contribution in [0.3, 0.4) is 0 Å². The molecule has 0 N–H and O–H groups in total. The molecule has 0 saturated heterocycles. The molecule has 1 heterocycles. The second kappa shape index (κ2) is 5.18. The van der Waals surface area contributed by atoms with Gasteiger partial charge in [-0.25, -0.2) is 0 Å². The van der Waals surface area contributed by atoms with Crippen LogP contribution in [0.25, 0.3) is 0 Å². The van der Waals surface area contributed by atoms with Gasteiger partial charge in [-0.1, -0.05) is 32.4 Å². The van der Waals surface area contributed by atoms with Crippen molar-refractivity contribution in [2.45, 2.75) is 57.3 Å². The molecule has 1 aromatic heterocycles. The molecule has 0 unspecified atom stereocenters. The maximum atomic E-state index is 11.6. The number of hydrogen-bond acceptors (Lipinski definition) is 3. The first-order chi connectivity index (χ1) is 9.50. The van der Waals surface area contributed by atoms with Crippen LogP contribution in [-0.2, 0) is 10.0 Å². The fraction of sp³-hybridized carbons (Fsp3) is 0.562. The molecule has 2 rings (SSSR count). The van der Waals surface area contributed by atoms with Gasteiger partial charge in [-0.2, -0.15) is 0 Å². The zero-order chi connectivity index (χ0) is 16.1. The lowest BCUT2D eigenvalue weighted by Gasteiger charge is -2.39. The third-order valence-electron chi connectivity index (χ3n) is 4.58. The van der Waals surface area contributed by atoms with Gasteiger partial charge in [0.2, 0.25) is 0 Å². The van der Waals surface area contributed by atoms with Crippen LogP contribution in [0.4, 0.5) is 0 Å². The predicted octanol–water partition coefficient (Wildman–Crippen LogP) is 4.76. The first-order valence-corrected chi connectivity index (χ1v) is 10.5. The summed E-state index contributed by atoms with van der Waals surface area (Å²) < 4.78 is 6.56. The van der Waals surface area contributed by atoms with Crippen molar-refractivity contribution in [2.24, 2.45) is 0 Å². The van der Waals surface area contributed by atoms with Crippen LogP contribution in [0, 0.1) is 6.92 Å². The topological polar surface area (TPSA) is 39.2 Å². The van der Waals surface area contributed by atoms with Gasteiger partial charge in [-0.15, -0.1) is 0 Å². The number of halogens is 1. The van der Waals surface area contributed by atoms with E-state index < -0.39 is 13.9 Å². The summed E-state index contributed by atoms with van der Waals surface area (Å²) in [6.45, 7) is 14.5. The highest BCUT2D eigenvalue weighted by atomic mass is 35.5. The van der Waals surface area contributed by atoms with Gasteiger partial charge in [-0.3, -0.25) is 9.78 Å². The molecule has 3 nitrogen and oxygen atoms in total. The second-order valence-corrected chi connectivity index (χ2v) is 12.4. The Morgan fingerprint density at radius 3 is 2.43 bits per heavy atom. The van der Waals surface area contributed by atoms with Gasteiger partial charge in [0.25, 0.3) is 0 Å². The third kappa shape index (κ3) is 3.08. The lowest BCUT2D eigenvalue weighted by Crippen LogP contribution is -2.44. The molecule has 1 aliphatic rings. The zero-order valence-electron chi connectivity index (χ0n) is 13.4. The SMILES string of the molecule is [CH2]C(=O)c1ccnc(C2(O[Si](C)(C)C(C)(C)C)CC2)c1Cl. The van der Waals surface area contributed by atoms with Gasteiger partial charge in [0.1, 0.15) is 5.60 Å². The van der Waals surface area contributed by atoms with Crippen LogP contribution in [-0.4, -0.2) is 19.1 Å². The van der Waals surface area contributed by atoms with E-state index in [9.17, 15) is 4.79 Å². The number of nitrogens with zero attached hydrogens (tertiary/aromatic N) is 1. The molecule has 0 amide bonds. The molecule has 0 aliphatic heterocycles. The molecule has 1 aromatic rings. The molecule has 0 atom stereocenters. The largest absolute Gasteiger partial charge is 0.406 e. The number of rotatable bonds is 4. The van der Waals surface area contributed by atoms with Crippen LogP contribution in [0.1, 0.15) is 49.7 Å². The van der Waals surface area contributed by atoms with Crippen LogP contribution in [0.2, 0.25) is 23.2 Å². The van der Waals surface area contributed by atoms with Crippen molar-refractivity contribution in [3.8, 4) is 0 Å². The van der Waals surface area contributed by atoms with Gasteiger partial charge in [0.05, 0.1) is 10.7 Å². The highest BCUT2D eigenvalue weighted by molar-refractivity contribution is 6.74. The predicted molar refractivity (Wildman–Crippen MR) is 88.1 cm³/mol. The maximum Gasteiger partial charge on any atom is 0.193 e. The van der Waals surface area contributed by atoms with E-state index in [2.05, 4.69) is 45.8 Å². The maximum absolute atomic E-state index is 11.6. The number of carbonyl (C=O) groups is 1. The average molecular weight is 325 g/mol. The second-order valence-electron chi connectivity index (χ2n) is 7.30. The lowest BCUT2D eigenvalue weighted by atomic mass is 10.1. The molecule has 1 aliphatic carbocycles. The van der Waals surface area contributed by atoms with Crippen LogP contribution in [0.15, 0.2) is 12.3 Å². The van der Waals surface area contributed by atoms with Crippen LogP contribution >= 0.6 is 11.6 Å². The molecule has 0 bridgehead atoms. The Morgan fingerprint density at radius 1 is 1.43 bits per heavy atom. The number of Topliss-reactive ketones (excluding diaryl/α,β-unsaturated/α-hetero) is 1. The average Bonchev–Trinajstić information content (AvgIpc) is 3.07. The molecule has 1 radical (unpaired) electrons. The van der Waals surface area contributed by atoms with Gasteiger partial charge >= 0.3 is 0 Å². The number of aromatic nitrogens is 1. The van der Waals surface area contributed by atoms with E-state index in [-0.39, 0.29) is 10.8 Å². The summed E-state index contributed by atoms with van der Waals surface area (Å²) in [4.78, 5) is 16.0. The smallest absolute Gasteiger partial charge is 0.193 e. The molecule has 0 aromatic carbocycles. The fourth-order valence-electron chi connectivity index (χ4n) is 2.12. The standard InChI is InChI=1S/C16H23ClNO2Si/c1-11(19)12-7-10-18-14(13(12)17)16(8-9-16)20-21(5,6)15(2,3)4/h7,10H,1,8-9H2,2-6H3. The minimum absolute atomic E-state index is 0.120. The number of hydrogen-bond donors (Lipinski definition) is 0. The Bertz CT molecular complexity index is 574. The number of carbonyl (C=O) groups excluding carboxylic acids is 1. The Balaban J connectivity index is 2.39. The van der Waals surface area contributed by atoms with Crippen molar-refractivity contribution in [1.82, 2.24) is 4.98 Å². The highest BCUT2D eigenvalue weighted by Gasteiger charge is 2.54. The number of ketones is 1. The number of pyridine rings is 1. The third-order valence-corrected chi connectivity index (χ3v) is 9.48. The van der Waals surface area contributed by atoms with Crippen molar-refractivity contribution in [2.75, 3.05) is 0 Å². The Hall–Kier alpha value is -0.713. The summed E-state index contributed by atoms with van der Waals surface area (Å²) in [6, 6.07) is 1.61. The van der Waals surface area contributed by atoms with Gasteiger partial charge in [0.15, 0.2) is 14.1 Å². The van der Waals surface area contributed by atoms with Crippen molar-refractivity contribution in [1.29, 1.82) is 0 Å². The van der Waals surface area contributed by atoms with E-state index in [0.717, 1.165) is 12.8 Å². The molecule has 5 heteroatoms. The molecule has 1 saturated carbocycles. The van der Waals surface area contributed by atoms with E-state index in [0.29, 0.717) is 16.3 Å². The van der Waals surface area contributed by atoms with Crippen molar-refractivity contribution in [3.05, 3.63) is 35.5 Å². The summed E-state index contributed by atoms with van der Waals surface area (Å²) in [7, 11) is -1.93. The molecule has 1 fully saturated rings. The van der Waals surface area contributed by atoms with Crippen LogP contribution < -0.4 is 0 Å². The van der Waals surface area contributed by atoms with E-state index in [1.54, 1.807) is 12.3 Å². The highest BCUT2D eigenvalue weighted by Crippen LogP contribution is 2.55. The molecular weight excluding hydrogens is 302 g/mol. The van der Waals surface area contributed by atoms with Crippen molar-refractivity contribution < 1.29 is 9.22 Å². The Morgan fingerprint density at radius 2 is 2.00 bits per heavy atom. The normalized spacial score (nSPS) is 17.7. The monoisotopic (exact) mass is 324 g/mol. The van der Waals surface area contributed by atoms with Crippen molar-refractivity contribution >= 4 is 25.7 Å². The first kappa shape index (κ1) is 16.7. The Labute approximate surface area is 133 Å². The summed E-state index contributed by atoms with van der Waals surface area (Å²) in [5.74, 6) is -0.285. The minimum Gasteiger partial charge on any atom is -0.406 e.